The van der Waals surface area contributed by atoms with Gasteiger partial charge in [0.15, 0.2) is 17.7 Å². The van der Waals surface area contributed by atoms with E-state index in [2.05, 4.69) is 25.7 Å². The number of aliphatic hydroxyl groups is 1. The Bertz CT molecular complexity index is 1080. The van der Waals surface area contributed by atoms with Gasteiger partial charge in [-0.15, -0.1) is 0 Å². The summed E-state index contributed by atoms with van der Waals surface area (Å²) in [6, 6.07) is 0.209. The molecule has 39 heavy (non-hydrogen) atoms. The van der Waals surface area contributed by atoms with E-state index in [1.165, 1.54) is 13.3 Å². The Morgan fingerprint density at radius 1 is 1.05 bits per heavy atom. The number of hydrogen-bond donors (Lipinski definition) is 1. The molecule has 5 heterocycles. The van der Waals surface area contributed by atoms with Crippen molar-refractivity contribution in [2.24, 2.45) is 39.9 Å². The molecule has 7 nitrogen and oxygen atoms in total. The number of carbonyl (C=O) groups is 2. The third-order valence-corrected chi connectivity index (χ3v) is 13.7. The number of fused-ring (bicyclic) bond motifs is 4. The molecule has 7 aliphatic rings. The topological polar surface area (TPSA) is 85.3 Å². The lowest BCUT2D eigenvalue weighted by molar-refractivity contribution is -0.285. The first-order valence-corrected chi connectivity index (χ1v) is 15.8. The number of ether oxygens (including phenoxy) is 3. The summed E-state index contributed by atoms with van der Waals surface area (Å²) in [4.78, 5) is 29.9. The van der Waals surface area contributed by atoms with Gasteiger partial charge < -0.3 is 19.3 Å². The number of nitrogens with zero attached hydrogens (tertiary/aromatic N) is 1. The van der Waals surface area contributed by atoms with Gasteiger partial charge in [-0.05, 0) is 88.4 Å². The lowest BCUT2D eigenvalue weighted by Gasteiger charge is -2.68. The highest BCUT2D eigenvalue weighted by Gasteiger charge is 2.82. The summed E-state index contributed by atoms with van der Waals surface area (Å²) in [6.07, 6.45) is 8.51. The Labute approximate surface area is 233 Å². The van der Waals surface area contributed by atoms with Gasteiger partial charge in [-0.3, -0.25) is 14.5 Å². The monoisotopic (exact) mass is 543 g/mol. The highest BCUT2D eigenvalue weighted by molar-refractivity contribution is 5.91. The molecule has 5 saturated heterocycles. The Kier molecular flexibility index (Phi) is 5.71. The first kappa shape index (κ1) is 26.9. The summed E-state index contributed by atoms with van der Waals surface area (Å²) >= 11 is 0. The zero-order valence-electron chi connectivity index (χ0n) is 24.8. The van der Waals surface area contributed by atoms with Crippen LogP contribution >= 0.6 is 0 Å². The van der Waals surface area contributed by atoms with Gasteiger partial charge in [0.2, 0.25) is 0 Å². The molecule has 7 bridgehead atoms. The van der Waals surface area contributed by atoms with Crippen LogP contribution in [0.15, 0.2) is 0 Å². The van der Waals surface area contributed by atoms with Crippen molar-refractivity contribution in [1.82, 2.24) is 4.90 Å². The summed E-state index contributed by atoms with van der Waals surface area (Å²) in [5, 5.41) is 12.0. The van der Waals surface area contributed by atoms with Gasteiger partial charge in [-0.2, -0.15) is 0 Å². The fourth-order valence-corrected chi connectivity index (χ4v) is 12.0. The van der Waals surface area contributed by atoms with E-state index in [9.17, 15) is 14.7 Å². The van der Waals surface area contributed by atoms with Gasteiger partial charge in [-0.25, -0.2) is 0 Å². The first-order chi connectivity index (χ1) is 18.3. The van der Waals surface area contributed by atoms with Gasteiger partial charge in [0.25, 0.3) is 0 Å². The average Bonchev–Trinajstić information content (AvgIpc) is 3.48. The van der Waals surface area contributed by atoms with Gasteiger partial charge in [0.1, 0.15) is 6.23 Å². The summed E-state index contributed by atoms with van der Waals surface area (Å²) in [5.74, 6) is 0.498. The maximum absolute atomic E-state index is 14.7. The Balaban J connectivity index is 1.35. The van der Waals surface area contributed by atoms with Crippen LogP contribution in [-0.4, -0.2) is 64.2 Å². The number of hydrogen-bond acceptors (Lipinski definition) is 7. The van der Waals surface area contributed by atoms with Gasteiger partial charge in [0.05, 0.1) is 18.1 Å². The van der Waals surface area contributed by atoms with Gasteiger partial charge >= 0.3 is 5.97 Å². The zero-order chi connectivity index (χ0) is 27.8. The molecule has 2 saturated carbocycles. The van der Waals surface area contributed by atoms with E-state index in [4.69, 9.17) is 14.2 Å². The number of carbonyl (C=O) groups excluding carboxylic acids is 2. The van der Waals surface area contributed by atoms with Crippen LogP contribution < -0.4 is 0 Å². The highest BCUT2D eigenvalue weighted by Crippen LogP contribution is 2.80. The van der Waals surface area contributed by atoms with Crippen LogP contribution in [0.4, 0.5) is 0 Å². The van der Waals surface area contributed by atoms with Crippen LogP contribution in [0, 0.1) is 39.9 Å². The van der Waals surface area contributed by atoms with E-state index < -0.39 is 29.5 Å². The summed E-state index contributed by atoms with van der Waals surface area (Å²) in [6.45, 7) is 12.8. The van der Waals surface area contributed by atoms with Gasteiger partial charge in [0, 0.05) is 36.3 Å². The van der Waals surface area contributed by atoms with E-state index in [0.29, 0.717) is 30.8 Å². The maximum Gasteiger partial charge on any atom is 0.303 e. The number of rotatable bonds is 6. The second kappa shape index (κ2) is 8.29. The fourth-order valence-electron chi connectivity index (χ4n) is 12.0. The standard InChI is InChI=1S/C32H49NO6/c1-18(2)20-9-13-29(5)21-10-15-31-12-7-8-23(31)32(29,25(20)33(31)27(21)36)16-22(38-19(3)34)26(35)28(4)17-37-30(6)14-11-24(28)39-30/h18,20-25,27,36H,7-17H2,1-6H3/t20-,21?,22+,23-,24-,25-,27+,28-,29+,30-,31-,32+/m1/s1. The molecule has 0 aromatic rings. The lowest BCUT2D eigenvalue weighted by atomic mass is 9.41. The van der Waals surface area contributed by atoms with E-state index in [-0.39, 0.29) is 40.2 Å². The largest absolute Gasteiger partial charge is 0.454 e. The maximum atomic E-state index is 14.7. The Morgan fingerprint density at radius 2 is 1.82 bits per heavy atom. The molecule has 0 aromatic heterocycles. The molecule has 13 atom stereocenters. The third kappa shape index (κ3) is 3.14. The van der Waals surface area contributed by atoms with E-state index in [1.807, 2.05) is 13.8 Å². The predicted octanol–water partition coefficient (Wildman–Crippen LogP) is 4.83. The van der Waals surface area contributed by atoms with Gasteiger partial charge in [-0.1, -0.05) is 27.2 Å². The predicted molar refractivity (Wildman–Crippen MR) is 144 cm³/mol. The van der Waals surface area contributed by atoms with Crippen molar-refractivity contribution in [3.63, 3.8) is 0 Å². The van der Waals surface area contributed by atoms with Crippen LogP contribution in [0.5, 0.6) is 0 Å². The minimum Gasteiger partial charge on any atom is -0.454 e. The molecule has 1 spiro atoms. The third-order valence-electron chi connectivity index (χ3n) is 13.7. The molecule has 5 aliphatic heterocycles. The van der Waals surface area contributed by atoms with Crippen LogP contribution in [-0.2, 0) is 23.8 Å². The zero-order valence-corrected chi connectivity index (χ0v) is 24.8. The minimum absolute atomic E-state index is 0.00781. The number of aliphatic hydroxyl groups excluding tert-OH is 1. The Hall–Kier alpha value is -1.02. The molecule has 2 unspecified atom stereocenters. The van der Waals surface area contributed by atoms with Crippen molar-refractivity contribution in [3.05, 3.63) is 0 Å². The normalized spacial score (nSPS) is 55.5. The number of piperidine rings is 2. The summed E-state index contributed by atoms with van der Waals surface area (Å²) < 4.78 is 18.5. The van der Waals surface area contributed by atoms with Crippen molar-refractivity contribution in [2.75, 3.05) is 6.61 Å². The average molecular weight is 544 g/mol. The molecular weight excluding hydrogens is 494 g/mol. The molecule has 2 aliphatic carbocycles. The van der Waals surface area contributed by atoms with Crippen molar-refractivity contribution >= 4 is 11.8 Å². The SMILES string of the molecule is CC(=O)O[C@@H](C[C@]12[C@@H]3CCC[C@@]34CCC3[C@H](O)N4[C@@H]1[C@@H](C(C)C)CC[C@@]32C)C(=O)[C@]1(C)CO[C@@]2(C)CC[C@H]1O2. The molecule has 218 valence electrons. The molecule has 0 radical (unpaired) electrons. The van der Waals surface area contributed by atoms with E-state index in [1.54, 1.807) is 0 Å². The van der Waals surface area contributed by atoms with Crippen molar-refractivity contribution in [2.45, 2.75) is 142 Å². The lowest BCUT2D eigenvalue weighted by Crippen LogP contribution is -2.72. The molecule has 0 aromatic carbocycles. The summed E-state index contributed by atoms with van der Waals surface area (Å²) in [7, 11) is 0. The smallest absolute Gasteiger partial charge is 0.303 e. The van der Waals surface area contributed by atoms with E-state index in [0.717, 1.165) is 51.4 Å². The van der Waals surface area contributed by atoms with Crippen LogP contribution in [0.25, 0.3) is 0 Å². The highest BCUT2D eigenvalue weighted by atomic mass is 16.7. The second-order valence-electron chi connectivity index (χ2n) is 15.5. The van der Waals surface area contributed by atoms with Crippen molar-refractivity contribution in [1.29, 1.82) is 0 Å². The number of ketones is 1. The first-order valence-electron chi connectivity index (χ1n) is 15.8. The molecule has 7 rings (SSSR count). The molecular formula is C32H49NO6. The second-order valence-corrected chi connectivity index (χ2v) is 15.5. The molecule has 1 N–H and O–H groups in total. The van der Waals surface area contributed by atoms with E-state index >= 15 is 0 Å². The Morgan fingerprint density at radius 3 is 2.54 bits per heavy atom. The fraction of sp³-hybridized carbons (Fsp3) is 0.938. The van der Waals surface area contributed by atoms with Crippen LogP contribution in [0.3, 0.4) is 0 Å². The van der Waals surface area contributed by atoms with Crippen LogP contribution in [0.2, 0.25) is 0 Å². The van der Waals surface area contributed by atoms with Crippen molar-refractivity contribution in [3.8, 4) is 0 Å². The van der Waals surface area contributed by atoms with Crippen LogP contribution in [0.1, 0.15) is 106 Å². The molecule has 7 fully saturated rings. The number of Topliss-reactive ketones (excluding diaryl/α,β-unsaturated/α-hetero) is 1. The van der Waals surface area contributed by atoms with Crippen molar-refractivity contribution < 1.29 is 28.9 Å². The molecule has 7 heteroatoms. The summed E-state index contributed by atoms with van der Waals surface area (Å²) in [5.41, 5.74) is -1.12. The molecule has 0 amide bonds. The minimum atomic E-state index is -0.848. The quantitative estimate of drug-likeness (QED) is 0.480. The number of esters is 1.